The van der Waals surface area contributed by atoms with Crippen LogP contribution >= 0.6 is 0 Å². The Labute approximate surface area is 145 Å². The number of carbonyl (C=O) groups is 2. The van der Waals surface area contributed by atoms with E-state index < -0.39 is 11.9 Å². The van der Waals surface area contributed by atoms with Gasteiger partial charge in [0, 0.05) is 32.0 Å². The summed E-state index contributed by atoms with van der Waals surface area (Å²) in [6, 6.07) is 7.24. The molecule has 1 heterocycles. The smallest absolute Gasteiger partial charge is 0.308 e. The molecule has 134 valence electrons. The van der Waals surface area contributed by atoms with E-state index >= 15 is 0 Å². The van der Waals surface area contributed by atoms with E-state index in [0.717, 1.165) is 11.3 Å². The van der Waals surface area contributed by atoms with Crippen molar-refractivity contribution in [3.8, 4) is 17.1 Å². The molecular weight excluding hydrogens is 326 g/mol. The fourth-order valence-electron chi connectivity index (χ4n) is 2.21. The monoisotopic (exact) mass is 347 g/mol. The van der Waals surface area contributed by atoms with Crippen molar-refractivity contribution in [3.05, 3.63) is 30.2 Å². The number of aryl methyl sites for hydroxylation is 1. The second-order valence-electron chi connectivity index (χ2n) is 5.75. The number of carbonyl (C=O) groups excluding carboxylic acids is 1. The van der Waals surface area contributed by atoms with E-state index in [9.17, 15) is 9.59 Å². The molecular formula is C17H21N3O5. The number of aromatic nitrogens is 2. The molecule has 0 aliphatic rings. The first-order valence-corrected chi connectivity index (χ1v) is 7.84. The third kappa shape index (κ3) is 5.03. The summed E-state index contributed by atoms with van der Waals surface area (Å²) < 4.78 is 10.3. The number of rotatable bonds is 8. The molecule has 0 aliphatic carbocycles. The highest BCUT2D eigenvalue weighted by Crippen LogP contribution is 2.20. The molecule has 0 radical (unpaired) electrons. The molecule has 8 heteroatoms. The van der Waals surface area contributed by atoms with Gasteiger partial charge in [0.05, 0.1) is 13.0 Å². The summed E-state index contributed by atoms with van der Waals surface area (Å²) in [4.78, 5) is 28.6. The highest BCUT2D eigenvalue weighted by atomic mass is 16.5. The zero-order valence-electron chi connectivity index (χ0n) is 14.4. The Balaban J connectivity index is 1.90. The van der Waals surface area contributed by atoms with Gasteiger partial charge in [-0.15, -0.1) is 0 Å². The van der Waals surface area contributed by atoms with Gasteiger partial charge in [0.15, 0.2) is 0 Å². The van der Waals surface area contributed by atoms with Gasteiger partial charge in [0.2, 0.25) is 17.6 Å². The maximum Gasteiger partial charge on any atom is 0.308 e. The van der Waals surface area contributed by atoms with Crippen molar-refractivity contribution in [2.24, 2.45) is 5.92 Å². The van der Waals surface area contributed by atoms with E-state index in [1.165, 1.54) is 4.90 Å². The van der Waals surface area contributed by atoms with Crippen molar-refractivity contribution < 1.29 is 24.0 Å². The number of ether oxygens (including phenoxy) is 1. The van der Waals surface area contributed by atoms with Gasteiger partial charge in [0.1, 0.15) is 5.75 Å². The molecule has 1 aromatic carbocycles. The Morgan fingerprint density at radius 2 is 2.00 bits per heavy atom. The zero-order chi connectivity index (χ0) is 18.4. The molecule has 0 spiro atoms. The van der Waals surface area contributed by atoms with Crippen LogP contribution in [0.2, 0.25) is 0 Å². The molecule has 1 unspecified atom stereocenters. The second kappa shape index (κ2) is 8.27. The summed E-state index contributed by atoms with van der Waals surface area (Å²) in [5.74, 6) is -0.175. The number of nitrogens with zero attached hydrogens (tertiary/aromatic N) is 3. The lowest BCUT2D eigenvalue weighted by Gasteiger charge is -2.18. The van der Waals surface area contributed by atoms with Crippen LogP contribution in [-0.4, -0.2) is 52.7 Å². The first-order chi connectivity index (χ1) is 11.9. The van der Waals surface area contributed by atoms with Gasteiger partial charge in [-0.05, 0) is 24.3 Å². The molecule has 2 aromatic rings. The number of aliphatic carboxylic acids is 1. The van der Waals surface area contributed by atoms with Gasteiger partial charge in [-0.2, -0.15) is 4.98 Å². The molecule has 0 saturated heterocycles. The summed E-state index contributed by atoms with van der Waals surface area (Å²) in [5, 5.41) is 12.8. The summed E-state index contributed by atoms with van der Waals surface area (Å²) >= 11 is 0. The van der Waals surface area contributed by atoms with Gasteiger partial charge in [0.25, 0.3) is 0 Å². The van der Waals surface area contributed by atoms with Crippen molar-refractivity contribution in [1.82, 2.24) is 15.0 Å². The largest absolute Gasteiger partial charge is 0.497 e. The lowest BCUT2D eigenvalue weighted by molar-refractivity contribution is -0.142. The van der Waals surface area contributed by atoms with Gasteiger partial charge in [-0.25, -0.2) is 0 Å². The number of amides is 1. The summed E-state index contributed by atoms with van der Waals surface area (Å²) in [6.07, 6.45) is 0.473. The number of carboxylic acid groups (broad SMARTS) is 1. The maximum absolute atomic E-state index is 12.1. The lowest BCUT2D eigenvalue weighted by Crippen LogP contribution is -2.33. The molecule has 2 rings (SSSR count). The van der Waals surface area contributed by atoms with Crippen LogP contribution in [-0.2, 0) is 16.0 Å². The molecule has 25 heavy (non-hydrogen) atoms. The van der Waals surface area contributed by atoms with Gasteiger partial charge >= 0.3 is 5.97 Å². The topological polar surface area (TPSA) is 106 Å². The zero-order valence-corrected chi connectivity index (χ0v) is 14.4. The van der Waals surface area contributed by atoms with Crippen molar-refractivity contribution >= 4 is 11.9 Å². The first-order valence-electron chi connectivity index (χ1n) is 7.84. The first kappa shape index (κ1) is 18.4. The molecule has 1 aromatic heterocycles. The third-order valence-electron chi connectivity index (χ3n) is 3.76. The third-order valence-corrected chi connectivity index (χ3v) is 3.76. The average molecular weight is 347 g/mol. The molecule has 0 fully saturated rings. The predicted molar refractivity (Wildman–Crippen MR) is 89.0 cm³/mol. The predicted octanol–water partition coefficient (Wildman–Crippen LogP) is 1.86. The normalized spacial score (nSPS) is 11.8. The average Bonchev–Trinajstić information content (AvgIpc) is 3.08. The van der Waals surface area contributed by atoms with Gasteiger partial charge < -0.3 is 19.3 Å². The van der Waals surface area contributed by atoms with E-state index in [4.69, 9.17) is 14.4 Å². The number of benzene rings is 1. The summed E-state index contributed by atoms with van der Waals surface area (Å²) in [7, 11) is 3.17. The van der Waals surface area contributed by atoms with Crippen molar-refractivity contribution in [2.45, 2.75) is 19.8 Å². The molecule has 1 N–H and O–H groups in total. The molecule has 8 nitrogen and oxygen atoms in total. The minimum absolute atomic E-state index is 0.162. The van der Waals surface area contributed by atoms with E-state index in [1.807, 2.05) is 12.1 Å². The minimum Gasteiger partial charge on any atom is -0.497 e. The second-order valence-corrected chi connectivity index (χ2v) is 5.75. The summed E-state index contributed by atoms with van der Waals surface area (Å²) in [6.45, 7) is 1.72. The van der Waals surface area contributed by atoms with Crippen molar-refractivity contribution in [2.75, 3.05) is 20.7 Å². The van der Waals surface area contributed by atoms with Crippen LogP contribution in [0, 0.1) is 5.92 Å². The molecule has 1 amide bonds. The van der Waals surface area contributed by atoms with Gasteiger partial charge in [-0.1, -0.05) is 12.1 Å². The fraction of sp³-hybridized carbons (Fsp3) is 0.412. The number of carboxylic acids is 1. The molecule has 1 atom stereocenters. The Bertz CT molecular complexity index is 726. The standard InChI is InChI=1S/C17H21N3O5/c1-11(17(22)23)10-20(2)15(21)9-8-14-18-16(19-25-14)12-4-6-13(24-3)7-5-12/h4-7,11H,8-10H2,1-3H3,(H,22,23). The Hall–Kier alpha value is -2.90. The minimum atomic E-state index is -0.930. The number of hydrogen-bond donors (Lipinski definition) is 1. The molecule has 0 bridgehead atoms. The molecule has 0 aliphatic heterocycles. The summed E-state index contributed by atoms with van der Waals surface area (Å²) in [5.41, 5.74) is 0.787. The van der Waals surface area contributed by atoms with Crippen LogP contribution in [0.25, 0.3) is 11.4 Å². The number of methoxy groups -OCH3 is 1. The van der Waals surface area contributed by atoms with E-state index in [-0.39, 0.29) is 18.9 Å². The Morgan fingerprint density at radius 1 is 1.32 bits per heavy atom. The quantitative estimate of drug-likeness (QED) is 0.777. The highest BCUT2D eigenvalue weighted by Gasteiger charge is 2.18. The fourth-order valence-corrected chi connectivity index (χ4v) is 2.21. The maximum atomic E-state index is 12.1. The van der Waals surface area contributed by atoms with Crippen molar-refractivity contribution in [1.29, 1.82) is 0 Å². The lowest BCUT2D eigenvalue weighted by atomic mass is 10.1. The van der Waals surface area contributed by atoms with Gasteiger partial charge in [-0.3, -0.25) is 9.59 Å². The highest BCUT2D eigenvalue weighted by molar-refractivity contribution is 5.77. The van der Waals surface area contributed by atoms with Crippen LogP contribution in [0.3, 0.4) is 0 Å². The molecule has 0 saturated carbocycles. The van der Waals surface area contributed by atoms with Crippen LogP contribution < -0.4 is 4.74 Å². The number of hydrogen-bond acceptors (Lipinski definition) is 6. The van der Waals surface area contributed by atoms with Crippen LogP contribution in [0.15, 0.2) is 28.8 Å². The van der Waals surface area contributed by atoms with Crippen LogP contribution in [0.1, 0.15) is 19.2 Å². The van der Waals surface area contributed by atoms with E-state index in [0.29, 0.717) is 18.1 Å². The van der Waals surface area contributed by atoms with Crippen LogP contribution in [0.5, 0.6) is 5.75 Å². The van der Waals surface area contributed by atoms with E-state index in [1.54, 1.807) is 33.2 Å². The Kier molecular flexibility index (Phi) is 6.10. The Morgan fingerprint density at radius 3 is 2.60 bits per heavy atom. The van der Waals surface area contributed by atoms with Crippen LogP contribution in [0.4, 0.5) is 0 Å². The van der Waals surface area contributed by atoms with E-state index in [2.05, 4.69) is 10.1 Å². The van der Waals surface area contributed by atoms with Crippen molar-refractivity contribution in [3.63, 3.8) is 0 Å². The SMILES string of the molecule is COc1ccc(-c2noc(CCC(=O)N(C)CC(C)C(=O)O)n2)cc1.